The largest absolute Gasteiger partial charge is 0.385 e. The van der Waals surface area contributed by atoms with Crippen LogP contribution in [0, 0.1) is 17.5 Å². The molecule has 110 valence electrons. The number of hydrogen-bond donors (Lipinski definition) is 2. The van der Waals surface area contributed by atoms with Crippen LogP contribution in [0.3, 0.4) is 0 Å². The topological polar surface area (TPSA) is 24.1 Å². The Hall–Kier alpha value is -2.17. The molecule has 0 saturated carbocycles. The van der Waals surface area contributed by atoms with Gasteiger partial charge in [0.2, 0.25) is 0 Å². The molecule has 0 radical (unpaired) electrons. The average Bonchev–Trinajstić information content (AvgIpc) is 2.46. The highest BCUT2D eigenvalue weighted by Crippen LogP contribution is 2.27. The van der Waals surface area contributed by atoms with Crippen molar-refractivity contribution < 1.29 is 13.2 Å². The Morgan fingerprint density at radius 2 is 1.86 bits per heavy atom. The van der Waals surface area contributed by atoms with Crippen molar-refractivity contribution in [3.05, 3.63) is 58.9 Å². The molecule has 1 aliphatic heterocycles. The SMILES string of the molecule is Fc1cc(F)c(NCc2cccc3c2NCCC3)c(F)c1. The second-order valence-electron chi connectivity index (χ2n) is 5.08. The van der Waals surface area contributed by atoms with Crippen molar-refractivity contribution in [3.8, 4) is 0 Å². The van der Waals surface area contributed by atoms with Crippen LogP contribution in [0.5, 0.6) is 0 Å². The monoisotopic (exact) mass is 292 g/mol. The second kappa shape index (κ2) is 5.68. The van der Waals surface area contributed by atoms with Gasteiger partial charge in [0, 0.05) is 30.9 Å². The minimum absolute atomic E-state index is 0.273. The third-order valence-corrected chi connectivity index (χ3v) is 3.62. The molecule has 1 heterocycles. The molecule has 3 rings (SSSR count). The van der Waals surface area contributed by atoms with E-state index in [1.54, 1.807) is 0 Å². The van der Waals surface area contributed by atoms with Gasteiger partial charge >= 0.3 is 0 Å². The molecule has 2 nitrogen and oxygen atoms in total. The second-order valence-corrected chi connectivity index (χ2v) is 5.08. The number of hydrogen-bond acceptors (Lipinski definition) is 2. The highest BCUT2D eigenvalue weighted by atomic mass is 19.1. The van der Waals surface area contributed by atoms with Crippen LogP contribution in [-0.2, 0) is 13.0 Å². The molecular formula is C16H15F3N2. The number of benzene rings is 2. The molecule has 0 spiro atoms. The highest BCUT2D eigenvalue weighted by molar-refractivity contribution is 5.60. The van der Waals surface area contributed by atoms with E-state index in [2.05, 4.69) is 10.6 Å². The molecule has 0 unspecified atom stereocenters. The standard InChI is InChI=1S/C16H15F3N2/c17-12-7-13(18)16(14(19)8-12)21-9-11-4-1-3-10-5-2-6-20-15(10)11/h1,3-4,7-8,20-21H,2,5-6,9H2. The Labute approximate surface area is 121 Å². The number of nitrogens with one attached hydrogen (secondary N) is 2. The van der Waals surface area contributed by atoms with Gasteiger partial charge in [-0.15, -0.1) is 0 Å². The van der Waals surface area contributed by atoms with E-state index in [1.807, 2.05) is 18.2 Å². The summed E-state index contributed by atoms with van der Waals surface area (Å²) in [5, 5.41) is 6.04. The van der Waals surface area contributed by atoms with Crippen LogP contribution in [0.4, 0.5) is 24.5 Å². The molecule has 0 fully saturated rings. The number of anilines is 2. The summed E-state index contributed by atoms with van der Waals surface area (Å²) in [6, 6.07) is 7.22. The Morgan fingerprint density at radius 1 is 1.10 bits per heavy atom. The Balaban J connectivity index is 1.83. The van der Waals surface area contributed by atoms with Crippen molar-refractivity contribution in [2.45, 2.75) is 19.4 Å². The first-order valence-corrected chi connectivity index (χ1v) is 6.88. The maximum atomic E-state index is 13.6. The maximum absolute atomic E-state index is 13.6. The summed E-state index contributed by atoms with van der Waals surface area (Å²) >= 11 is 0. The first-order chi connectivity index (χ1) is 10.1. The van der Waals surface area contributed by atoms with Crippen LogP contribution >= 0.6 is 0 Å². The molecule has 2 aromatic rings. The Bertz CT molecular complexity index is 648. The molecule has 5 heteroatoms. The van der Waals surface area contributed by atoms with Crippen molar-refractivity contribution in [2.24, 2.45) is 0 Å². The Morgan fingerprint density at radius 3 is 2.62 bits per heavy atom. The van der Waals surface area contributed by atoms with E-state index >= 15 is 0 Å². The van der Waals surface area contributed by atoms with Crippen LogP contribution in [0.15, 0.2) is 30.3 Å². The summed E-state index contributed by atoms with van der Waals surface area (Å²) < 4.78 is 40.1. The molecule has 0 amide bonds. The van der Waals surface area contributed by atoms with Gasteiger partial charge in [0.25, 0.3) is 0 Å². The summed E-state index contributed by atoms with van der Waals surface area (Å²) in [4.78, 5) is 0. The molecule has 0 bridgehead atoms. The number of fused-ring (bicyclic) bond motifs is 1. The summed E-state index contributed by atoms with van der Waals surface area (Å²) in [5.41, 5.74) is 2.87. The Kier molecular flexibility index (Phi) is 3.73. The van der Waals surface area contributed by atoms with Crippen LogP contribution in [0.2, 0.25) is 0 Å². The highest BCUT2D eigenvalue weighted by Gasteiger charge is 2.14. The number of para-hydroxylation sites is 1. The normalized spacial score (nSPS) is 13.5. The van der Waals surface area contributed by atoms with Crippen molar-refractivity contribution in [1.82, 2.24) is 0 Å². The van der Waals surface area contributed by atoms with Crippen molar-refractivity contribution in [1.29, 1.82) is 0 Å². The molecule has 0 saturated heterocycles. The van der Waals surface area contributed by atoms with Crippen LogP contribution in [-0.4, -0.2) is 6.54 Å². The molecule has 21 heavy (non-hydrogen) atoms. The van der Waals surface area contributed by atoms with Gasteiger partial charge in [-0.2, -0.15) is 0 Å². The number of aryl methyl sites for hydroxylation is 1. The fraction of sp³-hybridized carbons (Fsp3) is 0.250. The van der Waals surface area contributed by atoms with Gasteiger partial charge in [0.15, 0.2) is 11.6 Å². The van der Waals surface area contributed by atoms with E-state index < -0.39 is 17.5 Å². The smallest absolute Gasteiger partial charge is 0.152 e. The summed E-state index contributed by atoms with van der Waals surface area (Å²) in [7, 11) is 0. The van der Waals surface area contributed by atoms with E-state index in [0.29, 0.717) is 12.1 Å². The third-order valence-electron chi connectivity index (χ3n) is 3.62. The van der Waals surface area contributed by atoms with Gasteiger partial charge in [-0.1, -0.05) is 18.2 Å². The minimum Gasteiger partial charge on any atom is -0.385 e. The molecular weight excluding hydrogens is 277 g/mol. The lowest BCUT2D eigenvalue weighted by atomic mass is 9.99. The predicted molar refractivity (Wildman–Crippen MR) is 76.9 cm³/mol. The zero-order chi connectivity index (χ0) is 14.8. The van der Waals surface area contributed by atoms with Crippen LogP contribution in [0.1, 0.15) is 17.5 Å². The fourth-order valence-corrected chi connectivity index (χ4v) is 2.62. The zero-order valence-corrected chi connectivity index (χ0v) is 11.3. The van der Waals surface area contributed by atoms with Gasteiger partial charge in [-0.3, -0.25) is 0 Å². The first-order valence-electron chi connectivity index (χ1n) is 6.88. The van der Waals surface area contributed by atoms with Gasteiger partial charge in [0.1, 0.15) is 11.5 Å². The lowest BCUT2D eigenvalue weighted by Crippen LogP contribution is -2.15. The number of rotatable bonds is 3. The molecule has 1 aliphatic rings. The van der Waals surface area contributed by atoms with Gasteiger partial charge in [-0.25, -0.2) is 13.2 Å². The van der Waals surface area contributed by atoms with E-state index in [4.69, 9.17) is 0 Å². The van der Waals surface area contributed by atoms with Crippen LogP contribution in [0.25, 0.3) is 0 Å². The quantitative estimate of drug-likeness (QED) is 0.891. The maximum Gasteiger partial charge on any atom is 0.152 e. The summed E-state index contributed by atoms with van der Waals surface area (Å²) in [6.07, 6.45) is 2.07. The first kappa shape index (κ1) is 13.8. The van der Waals surface area contributed by atoms with E-state index in [0.717, 1.165) is 30.6 Å². The molecule has 0 atom stereocenters. The van der Waals surface area contributed by atoms with E-state index in [1.165, 1.54) is 5.56 Å². The molecule has 0 aliphatic carbocycles. The zero-order valence-electron chi connectivity index (χ0n) is 11.3. The van der Waals surface area contributed by atoms with Gasteiger partial charge in [-0.05, 0) is 24.0 Å². The summed E-state index contributed by atoms with van der Waals surface area (Å²) in [6.45, 7) is 1.17. The van der Waals surface area contributed by atoms with Crippen molar-refractivity contribution in [3.63, 3.8) is 0 Å². The molecule has 2 aromatic carbocycles. The third kappa shape index (κ3) is 2.82. The predicted octanol–water partition coefficient (Wildman–Crippen LogP) is 4.07. The summed E-state index contributed by atoms with van der Waals surface area (Å²) in [5.74, 6) is -2.77. The van der Waals surface area contributed by atoms with E-state index in [9.17, 15) is 13.2 Å². The van der Waals surface area contributed by atoms with E-state index in [-0.39, 0.29) is 12.2 Å². The average molecular weight is 292 g/mol. The van der Waals surface area contributed by atoms with Gasteiger partial charge in [0.05, 0.1) is 0 Å². The number of halogens is 3. The minimum atomic E-state index is -0.926. The van der Waals surface area contributed by atoms with Crippen molar-refractivity contribution >= 4 is 11.4 Å². The lowest BCUT2D eigenvalue weighted by molar-refractivity contribution is 0.547. The molecule has 2 N–H and O–H groups in total. The molecule has 0 aromatic heterocycles. The fourth-order valence-electron chi connectivity index (χ4n) is 2.62. The lowest BCUT2D eigenvalue weighted by Gasteiger charge is -2.21. The van der Waals surface area contributed by atoms with Crippen molar-refractivity contribution in [2.75, 3.05) is 17.2 Å². The van der Waals surface area contributed by atoms with Crippen LogP contribution < -0.4 is 10.6 Å². The van der Waals surface area contributed by atoms with Gasteiger partial charge < -0.3 is 10.6 Å².